The minimum Gasteiger partial charge on any atom is -0.493 e. The molecular formula is C25H36FNO5. The first-order valence-corrected chi connectivity index (χ1v) is 11.5. The molecule has 0 aromatic heterocycles. The Kier molecular flexibility index (Phi) is 7.18. The molecule has 1 aliphatic heterocycles. The second-order valence-electron chi connectivity index (χ2n) is 11.0. The van der Waals surface area contributed by atoms with Crippen LogP contribution in [0.3, 0.4) is 0 Å². The summed E-state index contributed by atoms with van der Waals surface area (Å²) in [5, 5.41) is 1.72. The molecule has 0 bridgehead atoms. The third-order valence-electron chi connectivity index (χ3n) is 5.61. The lowest BCUT2D eigenvalue weighted by Crippen LogP contribution is -2.39. The van der Waals surface area contributed by atoms with Crippen molar-refractivity contribution < 1.29 is 28.3 Å². The molecule has 0 atom stereocenters. The lowest BCUT2D eigenvalue weighted by Gasteiger charge is -2.32. The van der Waals surface area contributed by atoms with Crippen LogP contribution in [0.15, 0.2) is 12.1 Å². The van der Waals surface area contributed by atoms with E-state index < -0.39 is 22.8 Å². The Hall–Kier alpha value is -2.15. The lowest BCUT2D eigenvalue weighted by molar-refractivity contribution is -0.206. The first-order chi connectivity index (χ1) is 14.8. The van der Waals surface area contributed by atoms with Gasteiger partial charge in [0.2, 0.25) is 0 Å². The number of halogens is 1. The summed E-state index contributed by atoms with van der Waals surface area (Å²) in [6, 6.07) is 2.93. The van der Waals surface area contributed by atoms with E-state index in [1.807, 2.05) is 20.8 Å². The van der Waals surface area contributed by atoms with Gasteiger partial charge < -0.3 is 14.3 Å². The molecule has 1 heterocycles. The Morgan fingerprint density at radius 3 is 2.19 bits per heavy atom. The molecule has 7 heteroatoms. The predicted molar refractivity (Wildman–Crippen MR) is 119 cm³/mol. The van der Waals surface area contributed by atoms with Gasteiger partial charge in [-0.1, -0.05) is 0 Å². The smallest absolute Gasteiger partial charge is 0.341 e. The van der Waals surface area contributed by atoms with Gasteiger partial charge in [-0.2, -0.15) is 0 Å². The van der Waals surface area contributed by atoms with Gasteiger partial charge in [-0.25, -0.2) is 14.0 Å². The van der Waals surface area contributed by atoms with Crippen LogP contribution in [0.25, 0.3) is 0 Å². The van der Waals surface area contributed by atoms with Crippen LogP contribution in [0.1, 0.15) is 89.1 Å². The van der Waals surface area contributed by atoms with Gasteiger partial charge >= 0.3 is 11.9 Å². The maximum atomic E-state index is 14.7. The second kappa shape index (κ2) is 9.38. The molecule has 2 fully saturated rings. The predicted octanol–water partition coefficient (Wildman–Crippen LogP) is 5.25. The maximum absolute atomic E-state index is 14.7. The van der Waals surface area contributed by atoms with E-state index in [9.17, 15) is 14.0 Å². The van der Waals surface area contributed by atoms with Crippen LogP contribution < -0.4 is 4.74 Å². The number of esters is 1. The van der Waals surface area contributed by atoms with Crippen molar-refractivity contribution in [1.29, 1.82) is 0 Å². The van der Waals surface area contributed by atoms with Crippen molar-refractivity contribution in [2.24, 2.45) is 11.3 Å². The summed E-state index contributed by atoms with van der Waals surface area (Å²) in [5.41, 5.74) is -0.379. The summed E-state index contributed by atoms with van der Waals surface area (Å²) in [4.78, 5) is 29.9. The number of rotatable bonds is 6. The number of carbonyl (C=O) groups excluding carboxylic acids is 2. The van der Waals surface area contributed by atoms with Gasteiger partial charge in [-0.05, 0) is 90.7 Å². The maximum Gasteiger partial charge on any atom is 0.341 e. The van der Waals surface area contributed by atoms with Gasteiger partial charge in [0.25, 0.3) is 0 Å². The van der Waals surface area contributed by atoms with E-state index in [0.717, 1.165) is 31.2 Å². The zero-order valence-corrected chi connectivity index (χ0v) is 20.1. The highest BCUT2D eigenvalue weighted by Gasteiger charge is 2.32. The number of ether oxygens (including phenoxy) is 2. The molecule has 1 saturated heterocycles. The molecule has 32 heavy (non-hydrogen) atoms. The molecule has 1 aromatic rings. The molecule has 6 nitrogen and oxygen atoms in total. The Balaban J connectivity index is 1.59. The standard InChI is InChI=1S/C25H36FNO5/c1-24(2,3)23(29)32-27-11-9-16(10-12-27)15-30-21-14-20(26)19(13-18(21)17-7-8-17)22(28)31-25(4,5)6/h13-14,16-17H,7-12,15H2,1-6H3. The highest BCUT2D eigenvalue weighted by Crippen LogP contribution is 2.45. The first-order valence-electron chi connectivity index (χ1n) is 11.5. The van der Waals surface area contributed by atoms with E-state index in [1.54, 1.807) is 31.9 Å². The Bertz CT molecular complexity index is 843. The van der Waals surface area contributed by atoms with E-state index >= 15 is 0 Å². The van der Waals surface area contributed by atoms with Gasteiger partial charge in [0, 0.05) is 19.2 Å². The molecule has 3 rings (SSSR count). The van der Waals surface area contributed by atoms with Crippen molar-refractivity contribution in [3.8, 4) is 5.75 Å². The number of hydrogen-bond acceptors (Lipinski definition) is 6. The minimum absolute atomic E-state index is 0.0388. The van der Waals surface area contributed by atoms with Crippen LogP contribution in [0, 0.1) is 17.2 Å². The average molecular weight is 450 g/mol. The second-order valence-corrected chi connectivity index (χ2v) is 11.0. The molecule has 1 aromatic carbocycles. The highest BCUT2D eigenvalue weighted by atomic mass is 19.1. The van der Waals surface area contributed by atoms with Gasteiger partial charge in [0.15, 0.2) is 0 Å². The van der Waals surface area contributed by atoms with Crippen molar-refractivity contribution in [3.05, 3.63) is 29.1 Å². The molecule has 1 aliphatic carbocycles. The molecular weight excluding hydrogens is 413 g/mol. The molecule has 1 saturated carbocycles. The number of carbonyl (C=O) groups is 2. The largest absolute Gasteiger partial charge is 0.493 e. The van der Waals surface area contributed by atoms with E-state index in [1.165, 1.54) is 6.07 Å². The van der Waals surface area contributed by atoms with Crippen molar-refractivity contribution in [1.82, 2.24) is 5.06 Å². The summed E-state index contributed by atoms with van der Waals surface area (Å²) in [5.74, 6) is -0.408. The summed E-state index contributed by atoms with van der Waals surface area (Å²) in [6.45, 7) is 12.6. The highest BCUT2D eigenvalue weighted by molar-refractivity contribution is 5.90. The van der Waals surface area contributed by atoms with Crippen LogP contribution in [0.4, 0.5) is 4.39 Å². The van der Waals surface area contributed by atoms with Crippen molar-refractivity contribution in [2.45, 2.75) is 78.7 Å². The van der Waals surface area contributed by atoms with Crippen molar-refractivity contribution in [3.63, 3.8) is 0 Å². The molecule has 0 spiro atoms. The molecule has 0 N–H and O–H groups in total. The van der Waals surface area contributed by atoms with E-state index in [-0.39, 0.29) is 11.5 Å². The Morgan fingerprint density at radius 1 is 1.03 bits per heavy atom. The SMILES string of the molecule is CC(C)(C)OC(=O)c1cc(C2CC2)c(OCC2CCN(OC(=O)C(C)(C)C)CC2)cc1F. The number of benzene rings is 1. The van der Waals surface area contributed by atoms with E-state index in [4.69, 9.17) is 14.3 Å². The molecule has 178 valence electrons. The summed E-state index contributed by atoms with van der Waals surface area (Å²) in [7, 11) is 0. The van der Waals surface area contributed by atoms with Crippen molar-refractivity contribution in [2.75, 3.05) is 19.7 Å². The number of hydrogen-bond donors (Lipinski definition) is 0. The van der Waals surface area contributed by atoms with Crippen LogP contribution in [-0.4, -0.2) is 42.3 Å². The van der Waals surface area contributed by atoms with E-state index in [0.29, 0.717) is 37.3 Å². The molecule has 2 aliphatic rings. The monoisotopic (exact) mass is 449 g/mol. The lowest BCUT2D eigenvalue weighted by atomic mass is 9.97. The van der Waals surface area contributed by atoms with Crippen molar-refractivity contribution >= 4 is 11.9 Å². The van der Waals surface area contributed by atoms with Crippen LogP contribution >= 0.6 is 0 Å². The third kappa shape index (κ3) is 6.67. The average Bonchev–Trinajstić information content (AvgIpc) is 3.50. The first kappa shape index (κ1) is 24.5. The fourth-order valence-electron chi connectivity index (χ4n) is 3.53. The summed E-state index contributed by atoms with van der Waals surface area (Å²) in [6.07, 6.45) is 3.67. The minimum atomic E-state index is -0.686. The van der Waals surface area contributed by atoms with E-state index in [2.05, 4.69) is 0 Å². The Morgan fingerprint density at radius 2 is 1.66 bits per heavy atom. The summed E-state index contributed by atoms with van der Waals surface area (Å²) < 4.78 is 26.1. The van der Waals surface area contributed by atoms with Gasteiger partial charge in [-0.15, -0.1) is 5.06 Å². The zero-order chi connectivity index (χ0) is 23.7. The zero-order valence-electron chi connectivity index (χ0n) is 20.1. The third-order valence-corrected chi connectivity index (χ3v) is 5.61. The number of piperidine rings is 1. The van der Waals surface area contributed by atoms with Gasteiger partial charge in [0.05, 0.1) is 17.6 Å². The normalized spacial score (nSPS) is 18.3. The fourth-order valence-corrected chi connectivity index (χ4v) is 3.53. The quantitative estimate of drug-likeness (QED) is 0.553. The van der Waals surface area contributed by atoms with Crippen LogP contribution in [0.5, 0.6) is 5.75 Å². The number of hydroxylamine groups is 2. The van der Waals surface area contributed by atoms with Crippen LogP contribution in [0.2, 0.25) is 0 Å². The topological polar surface area (TPSA) is 65.1 Å². The number of nitrogens with zero attached hydrogens (tertiary/aromatic N) is 1. The molecule has 0 radical (unpaired) electrons. The molecule has 0 amide bonds. The van der Waals surface area contributed by atoms with Gasteiger partial charge in [0.1, 0.15) is 17.2 Å². The Labute approximate surface area is 190 Å². The fraction of sp³-hybridized carbons (Fsp3) is 0.680. The summed E-state index contributed by atoms with van der Waals surface area (Å²) >= 11 is 0. The van der Waals surface area contributed by atoms with Gasteiger partial charge in [-0.3, -0.25) is 0 Å². The molecule has 0 unspecified atom stereocenters. The van der Waals surface area contributed by atoms with Crippen LogP contribution in [-0.2, 0) is 14.4 Å².